The predicted molar refractivity (Wildman–Crippen MR) is 85.9 cm³/mol. The lowest BCUT2D eigenvalue weighted by molar-refractivity contribution is -0.150. The summed E-state index contributed by atoms with van der Waals surface area (Å²) in [5.41, 5.74) is 3.15. The number of fused-ring (bicyclic) bond motifs is 2. The lowest BCUT2D eigenvalue weighted by Gasteiger charge is -2.45. The molecule has 0 amide bonds. The van der Waals surface area contributed by atoms with E-state index in [9.17, 15) is 15.0 Å². The second-order valence-corrected chi connectivity index (χ2v) is 6.72. The predicted octanol–water partition coefficient (Wildman–Crippen LogP) is 1.30. The van der Waals surface area contributed by atoms with Gasteiger partial charge in [-0.05, 0) is 35.8 Å². The number of esters is 1. The molecule has 1 aromatic rings. The van der Waals surface area contributed by atoms with Gasteiger partial charge in [0.25, 0.3) is 0 Å². The highest BCUT2D eigenvalue weighted by atomic mass is 16.6. The summed E-state index contributed by atoms with van der Waals surface area (Å²) in [6, 6.07) is 3.63. The molecule has 6 heteroatoms. The molecule has 0 radical (unpaired) electrons. The van der Waals surface area contributed by atoms with Crippen LogP contribution in [-0.4, -0.2) is 53.0 Å². The number of aliphatic hydroxyl groups is 1. The maximum absolute atomic E-state index is 11.4. The zero-order valence-electron chi connectivity index (χ0n) is 13.7. The van der Waals surface area contributed by atoms with Crippen molar-refractivity contribution in [1.82, 2.24) is 4.90 Å². The first-order valence-corrected chi connectivity index (χ1v) is 8.19. The molecule has 0 aromatic heterocycles. The van der Waals surface area contributed by atoms with Gasteiger partial charge >= 0.3 is 5.97 Å². The van der Waals surface area contributed by atoms with Crippen LogP contribution in [0.2, 0.25) is 0 Å². The Morgan fingerprint density at radius 2 is 2.17 bits per heavy atom. The quantitative estimate of drug-likeness (QED) is 0.628. The number of aromatic hydroxyl groups is 1. The number of phenolic OH excluding ortho intramolecular Hbond substituents is 1. The van der Waals surface area contributed by atoms with Gasteiger partial charge in [0.15, 0.2) is 11.5 Å². The van der Waals surface area contributed by atoms with Crippen molar-refractivity contribution in [2.45, 2.75) is 44.1 Å². The van der Waals surface area contributed by atoms with Crippen molar-refractivity contribution in [3.05, 3.63) is 34.9 Å². The van der Waals surface area contributed by atoms with Gasteiger partial charge in [-0.15, -0.1) is 0 Å². The topological polar surface area (TPSA) is 79.2 Å². The summed E-state index contributed by atoms with van der Waals surface area (Å²) in [7, 11) is 1.52. The Bertz CT molecular complexity index is 728. The molecule has 1 aliphatic carbocycles. The maximum Gasteiger partial charge on any atom is 0.303 e. The van der Waals surface area contributed by atoms with Gasteiger partial charge in [-0.2, -0.15) is 0 Å². The Labute approximate surface area is 140 Å². The molecule has 4 rings (SSSR count). The van der Waals surface area contributed by atoms with Crippen LogP contribution in [0.5, 0.6) is 11.5 Å². The second-order valence-electron chi connectivity index (χ2n) is 6.72. The zero-order valence-corrected chi connectivity index (χ0v) is 13.7. The number of phenols is 1. The van der Waals surface area contributed by atoms with Gasteiger partial charge in [0.1, 0.15) is 12.2 Å². The number of hydrogen-bond acceptors (Lipinski definition) is 6. The van der Waals surface area contributed by atoms with E-state index in [0.29, 0.717) is 5.75 Å². The number of methoxy groups -OCH3 is 1. The van der Waals surface area contributed by atoms with Gasteiger partial charge in [-0.3, -0.25) is 9.69 Å². The average Bonchev–Trinajstić information content (AvgIpc) is 2.93. The van der Waals surface area contributed by atoms with E-state index in [2.05, 4.69) is 4.90 Å². The van der Waals surface area contributed by atoms with E-state index < -0.39 is 18.2 Å². The summed E-state index contributed by atoms with van der Waals surface area (Å²) in [6.07, 6.45) is 1.33. The first kappa shape index (κ1) is 15.5. The Morgan fingerprint density at radius 3 is 2.88 bits per heavy atom. The van der Waals surface area contributed by atoms with Gasteiger partial charge in [0.05, 0.1) is 7.11 Å². The molecule has 1 saturated heterocycles. The zero-order chi connectivity index (χ0) is 17.0. The molecule has 0 saturated carbocycles. The summed E-state index contributed by atoms with van der Waals surface area (Å²) in [4.78, 5) is 13.7. The summed E-state index contributed by atoms with van der Waals surface area (Å²) in [6.45, 7) is 3.02. The van der Waals surface area contributed by atoms with E-state index in [1.54, 1.807) is 6.07 Å². The number of nitrogens with zero attached hydrogens (tertiary/aromatic N) is 1. The number of carbonyl (C=O) groups excluding carboxylic acids is 1. The molecule has 0 spiro atoms. The van der Waals surface area contributed by atoms with E-state index >= 15 is 0 Å². The third kappa shape index (κ3) is 2.21. The standard InChI is InChI=1S/C18H21NO5/c1-9(20)24-15-5-10-3-4-19-8-11-6-14(23-2)13(21)7-12(11)16(17(10)19)18(15)22/h5-7,15-18,21-22H,3-4,8H2,1-2H3. The molecule has 2 heterocycles. The Kier molecular flexibility index (Phi) is 3.54. The molecular formula is C18H21NO5. The fraction of sp³-hybridized carbons (Fsp3) is 0.500. The molecule has 4 unspecified atom stereocenters. The Balaban J connectivity index is 1.81. The number of aliphatic hydroxyl groups excluding tert-OH is 1. The number of ether oxygens (including phenoxy) is 2. The fourth-order valence-corrected chi connectivity index (χ4v) is 4.42. The second kappa shape index (κ2) is 5.50. The Hall–Kier alpha value is -2.05. The highest BCUT2D eigenvalue weighted by Crippen LogP contribution is 2.49. The van der Waals surface area contributed by atoms with Crippen LogP contribution in [0, 0.1) is 0 Å². The monoisotopic (exact) mass is 331 g/mol. The number of rotatable bonds is 2. The SMILES string of the molecule is COc1cc2c(cc1O)C1C(O)C(OC(C)=O)C=C3CCN(C2)C31. The highest BCUT2D eigenvalue weighted by Gasteiger charge is 2.49. The van der Waals surface area contributed by atoms with Crippen molar-refractivity contribution in [3.63, 3.8) is 0 Å². The summed E-state index contributed by atoms with van der Waals surface area (Å²) >= 11 is 0. The molecule has 4 atom stereocenters. The van der Waals surface area contributed by atoms with Gasteiger partial charge in [0, 0.05) is 32.0 Å². The summed E-state index contributed by atoms with van der Waals surface area (Å²) in [5.74, 6) is -0.130. The van der Waals surface area contributed by atoms with Crippen LogP contribution in [0.4, 0.5) is 0 Å². The number of benzene rings is 1. The van der Waals surface area contributed by atoms with Gasteiger partial charge in [0.2, 0.25) is 0 Å². The third-order valence-corrected chi connectivity index (χ3v) is 5.36. The molecule has 24 heavy (non-hydrogen) atoms. The molecule has 1 fully saturated rings. The van der Waals surface area contributed by atoms with Crippen molar-refractivity contribution >= 4 is 5.97 Å². The molecule has 3 aliphatic rings. The largest absolute Gasteiger partial charge is 0.504 e. The van der Waals surface area contributed by atoms with E-state index in [0.717, 1.165) is 30.6 Å². The van der Waals surface area contributed by atoms with Crippen LogP contribution in [0.15, 0.2) is 23.8 Å². The normalized spacial score (nSPS) is 31.0. The van der Waals surface area contributed by atoms with Gasteiger partial charge in [-0.1, -0.05) is 5.57 Å². The van der Waals surface area contributed by atoms with Crippen LogP contribution in [-0.2, 0) is 16.1 Å². The van der Waals surface area contributed by atoms with Crippen LogP contribution in [0.1, 0.15) is 30.4 Å². The third-order valence-electron chi connectivity index (χ3n) is 5.36. The fourth-order valence-electron chi connectivity index (χ4n) is 4.42. The number of hydrogen-bond donors (Lipinski definition) is 2. The van der Waals surface area contributed by atoms with Crippen molar-refractivity contribution in [2.24, 2.45) is 0 Å². The van der Waals surface area contributed by atoms with Crippen LogP contribution < -0.4 is 4.74 Å². The maximum atomic E-state index is 11.4. The minimum atomic E-state index is -0.838. The van der Waals surface area contributed by atoms with Gasteiger partial charge < -0.3 is 19.7 Å². The smallest absolute Gasteiger partial charge is 0.303 e. The van der Waals surface area contributed by atoms with Crippen molar-refractivity contribution in [1.29, 1.82) is 0 Å². The molecule has 128 valence electrons. The minimum Gasteiger partial charge on any atom is -0.504 e. The van der Waals surface area contributed by atoms with Gasteiger partial charge in [-0.25, -0.2) is 0 Å². The molecule has 2 N–H and O–H groups in total. The average molecular weight is 331 g/mol. The highest BCUT2D eigenvalue weighted by molar-refractivity contribution is 5.66. The van der Waals surface area contributed by atoms with E-state index in [4.69, 9.17) is 9.47 Å². The minimum absolute atomic E-state index is 0.0648. The van der Waals surface area contributed by atoms with Crippen LogP contribution >= 0.6 is 0 Å². The van der Waals surface area contributed by atoms with Crippen molar-refractivity contribution < 1.29 is 24.5 Å². The summed E-state index contributed by atoms with van der Waals surface area (Å²) in [5, 5.41) is 21.1. The van der Waals surface area contributed by atoms with E-state index in [1.165, 1.54) is 19.6 Å². The van der Waals surface area contributed by atoms with Crippen LogP contribution in [0.3, 0.4) is 0 Å². The lowest BCUT2D eigenvalue weighted by atomic mass is 9.73. The van der Waals surface area contributed by atoms with Crippen molar-refractivity contribution in [2.75, 3.05) is 13.7 Å². The first-order chi connectivity index (χ1) is 11.5. The molecule has 1 aromatic carbocycles. The van der Waals surface area contributed by atoms with Crippen molar-refractivity contribution in [3.8, 4) is 11.5 Å². The molecular weight excluding hydrogens is 310 g/mol. The molecule has 2 aliphatic heterocycles. The Morgan fingerprint density at radius 1 is 1.38 bits per heavy atom. The first-order valence-electron chi connectivity index (χ1n) is 8.19. The molecule has 6 nitrogen and oxygen atoms in total. The lowest BCUT2D eigenvalue weighted by Crippen LogP contribution is -2.50. The van der Waals surface area contributed by atoms with E-state index in [-0.39, 0.29) is 17.7 Å². The van der Waals surface area contributed by atoms with E-state index in [1.807, 2.05) is 12.1 Å². The van der Waals surface area contributed by atoms with Crippen LogP contribution in [0.25, 0.3) is 0 Å². The number of carbonyl (C=O) groups is 1. The summed E-state index contributed by atoms with van der Waals surface area (Å²) < 4.78 is 10.5. The molecule has 0 bridgehead atoms.